The summed E-state index contributed by atoms with van der Waals surface area (Å²) in [7, 11) is 0. The lowest BCUT2D eigenvalue weighted by Crippen LogP contribution is -3.61. The van der Waals surface area contributed by atoms with E-state index in [0.717, 1.165) is 15.0 Å². The van der Waals surface area contributed by atoms with Gasteiger partial charge in [-0.05, 0) is 43.3 Å². The third-order valence-corrected chi connectivity index (χ3v) is 6.45. The molecule has 2 aromatic carbocycles. The molecule has 2 rings (SSSR count). The Balaban J connectivity index is 2.22. The van der Waals surface area contributed by atoms with E-state index in [4.69, 9.17) is 11.6 Å². The lowest BCUT2D eigenvalue weighted by Gasteiger charge is -2.06. The summed E-state index contributed by atoms with van der Waals surface area (Å²) in [5, 5.41) is 4.00. The first-order chi connectivity index (χ1) is 10.1. The van der Waals surface area contributed by atoms with Gasteiger partial charge in [0.15, 0.2) is 3.57 Å². The number of ketones is 1. The van der Waals surface area contributed by atoms with E-state index in [-0.39, 0.29) is 5.78 Å². The van der Waals surface area contributed by atoms with Crippen molar-refractivity contribution in [2.24, 2.45) is 0 Å². The summed E-state index contributed by atoms with van der Waals surface area (Å²) in [6.07, 6.45) is 0. The lowest BCUT2D eigenvalue weighted by atomic mass is 10.3. The third-order valence-electron chi connectivity index (χ3n) is 2.75. The number of benzene rings is 2. The summed E-state index contributed by atoms with van der Waals surface area (Å²) in [6, 6.07) is 17.6. The predicted octanol–water partition coefficient (Wildman–Crippen LogP) is 1.53. The van der Waals surface area contributed by atoms with Crippen molar-refractivity contribution in [3.8, 4) is 0 Å². The van der Waals surface area contributed by atoms with Crippen molar-refractivity contribution in [3.63, 3.8) is 0 Å². The molecular formula is C17H16ClINO+. The van der Waals surface area contributed by atoms with Gasteiger partial charge in [-0.1, -0.05) is 29.8 Å². The van der Waals surface area contributed by atoms with Crippen molar-refractivity contribution in [3.05, 3.63) is 72.5 Å². The van der Waals surface area contributed by atoms with Crippen LogP contribution in [0.4, 0.5) is 5.69 Å². The number of hydrogen-bond donors (Lipinski definition) is 1. The summed E-state index contributed by atoms with van der Waals surface area (Å²) in [6.45, 7) is 3.58. The second-order valence-corrected chi connectivity index (χ2v) is 7.82. The number of halogens is 2. The van der Waals surface area contributed by atoms with Gasteiger partial charge in [-0.3, -0.25) is 4.79 Å². The van der Waals surface area contributed by atoms with E-state index in [1.165, 1.54) is 3.57 Å². The van der Waals surface area contributed by atoms with Crippen LogP contribution >= 0.6 is 11.6 Å². The minimum absolute atomic E-state index is 0.130. The zero-order chi connectivity index (χ0) is 15.2. The van der Waals surface area contributed by atoms with Crippen LogP contribution in [0.25, 0.3) is 0 Å². The fourth-order valence-corrected chi connectivity index (χ4v) is 4.24. The Morgan fingerprint density at radius 1 is 1.00 bits per heavy atom. The quantitative estimate of drug-likeness (QED) is 0.596. The SMILES string of the molecule is CC(=O)/C([I+]c1ccccc1)=C(/C)Nc1ccc(Cl)cc1. The maximum absolute atomic E-state index is 11.9. The molecule has 21 heavy (non-hydrogen) atoms. The highest BCUT2D eigenvalue weighted by atomic mass is 127. The number of anilines is 1. The first kappa shape index (κ1) is 16.0. The largest absolute Gasteiger partial charge is 0.363 e. The molecule has 0 saturated carbocycles. The summed E-state index contributed by atoms with van der Waals surface area (Å²) in [5.74, 6) is 0.130. The topological polar surface area (TPSA) is 29.1 Å². The van der Waals surface area contributed by atoms with Gasteiger partial charge in [0.05, 0.1) is 5.70 Å². The second-order valence-electron chi connectivity index (χ2n) is 4.52. The molecule has 0 aliphatic heterocycles. The van der Waals surface area contributed by atoms with Gasteiger partial charge in [0, 0.05) is 17.6 Å². The van der Waals surface area contributed by atoms with Gasteiger partial charge in [0.25, 0.3) is 3.58 Å². The number of carbonyl (C=O) groups excluding carboxylic acids is 1. The number of Topliss-reactive ketones (excluding diaryl/α,β-unsaturated/α-hetero) is 1. The van der Waals surface area contributed by atoms with Gasteiger partial charge in [0.2, 0.25) is 5.78 Å². The summed E-state index contributed by atoms with van der Waals surface area (Å²) < 4.78 is 2.13. The van der Waals surface area contributed by atoms with E-state index in [0.29, 0.717) is 5.02 Å². The molecule has 0 saturated heterocycles. The number of rotatable bonds is 5. The summed E-state index contributed by atoms with van der Waals surface area (Å²) in [4.78, 5) is 11.9. The molecule has 0 spiro atoms. The fraction of sp³-hybridized carbons (Fsp3) is 0.118. The highest BCUT2D eigenvalue weighted by Gasteiger charge is 2.26. The maximum Gasteiger partial charge on any atom is 0.363 e. The minimum atomic E-state index is -0.483. The highest BCUT2D eigenvalue weighted by Crippen LogP contribution is 2.15. The third kappa shape index (κ3) is 4.86. The molecule has 2 nitrogen and oxygen atoms in total. The van der Waals surface area contributed by atoms with Crippen LogP contribution in [0.3, 0.4) is 0 Å². The van der Waals surface area contributed by atoms with Crippen LogP contribution < -0.4 is 26.5 Å². The Kier molecular flexibility index (Phi) is 5.82. The average Bonchev–Trinajstić information content (AvgIpc) is 2.48. The van der Waals surface area contributed by atoms with Crippen LogP contribution in [0.2, 0.25) is 5.02 Å². The maximum atomic E-state index is 11.9. The Labute approximate surface area is 140 Å². The molecule has 0 amide bonds. The van der Waals surface area contributed by atoms with Gasteiger partial charge in [-0.2, -0.15) is 0 Å². The standard InChI is InChI=1S/C17H15ClINO/c1-12(20-16-10-8-14(18)9-11-16)17(13(2)21)19-15-6-4-3-5-7-15/h3-11H,1-2H3/p+1. The molecule has 0 fully saturated rings. The molecule has 0 unspecified atom stereocenters. The Bertz CT molecular complexity index is 650. The molecule has 0 atom stereocenters. The van der Waals surface area contributed by atoms with Crippen molar-refractivity contribution in [1.82, 2.24) is 0 Å². The molecule has 2 aromatic rings. The van der Waals surface area contributed by atoms with Crippen LogP contribution in [0.5, 0.6) is 0 Å². The highest BCUT2D eigenvalue weighted by molar-refractivity contribution is 6.30. The van der Waals surface area contributed by atoms with Crippen LogP contribution in [0, 0.1) is 3.57 Å². The smallest absolute Gasteiger partial charge is 0.355 e. The molecule has 108 valence electrons. The molecule has 0 aromatic heterocycles. The van der Waals surface area contributed by atoms with E-state index in [2.05, 4.69) is 17.4 Å². The van der Waals surface area contributed by atoms with Crippen molar-refractivity contribution in [2.75, 3.05) is 5.32 Å². The van der Waals surface area contributed by atoms with Crippen molar-refractivity contribution < 1.29 is 26.0 Å². The minimum Gasteiger partial charge on any atom is -0.355 e. The fourth-order valence-electron chi connectivity index (χ4n) is 1.79. The summed E-state index contributed by atoms with van der Waals surface area (Å²) >= 11 is 5.40. The molecule has 0 aliphatic rings. The van der Waals surface area contributed by atoms with E-state index in [1.807, 2.05) is 49.4 Å². The number of carbonyl (C=O) groups is 1. The molecule has 1 N–H and O–H groups in total. The van der Waals surface area contributed by atoms with Gasteiger partial charge in [-0.25, -0.2) is 0 Å². The van der Waals surface area contributed by atoms with Crippen LogP contribution in [0.15, 0.2) is 63.9 Å². The molecule has 4 heteroatoms. The van der Waals surface area contributed by atoms with Crippen molar-refractivity contribution in [1.29, 1.82) is 0 Å². The van der Waals surface area contributed by atoms with Crippen molar-refractivity contribution >= 4 is 23.1 Å². The average molecular weight is 413 g/mol. The van der Waals surface area contributed by atoms with E-state index >= 15 is 0 Å². The van der Waals surface area contributed by atoms with Gasteiger partial charge in [-0.15, -0.1) is 0 Å². The van der Waals surface area contributed by atoms with Crippen molar-refractivity contribution in [2.45, 2.75) is 13.8 Å². The molecule has 0 radical (unpaired) electrons. The van der Waals surface area contributed by atoms with Gasteiger partial charge in [0.1, 0.15) is 0 Å². The first-order valence-electron chi connectivity index (χ1n) is 6.50. The Morgan fingerprint density at radius 2 is 1.62 bits per heavy atom. The lowest BCUT2D eigenvalue weighted by molar-refractivity contribution is -0.571. The van der Waals surface area contributed by atoms with E-state index in [1.54, 1.807) is 6.92 Å². The second kappa shape index (κ2) is 7.61. The van der Waals surface area contributed by atoms with Gasteiger partial charge >= 0.3 is 21.2 Å². The van der Waals surface area contributed by atoms with Crippen LogP contribution in [-0.2, 0) is 4.79 Å². The molecular weight excluding hydrogens is 397 g/mol. The van der Waals surface area contributed by atoms with E-state index in [9.17, 15) is 4.79 Å². The molecule has 0 aliphatic carbocycles. The van der Waals surface area contributed by atoms with Gasteiger partial charge < -0.3 is 5.32 Å². The van der Waals surface area contributed by atoms with Crippen LogP contribution in [0.1, 0.15) is 13.8 Å². The number of allylic oxidation sites excluding steroid dienone is 2. The summed E-state index contributed by atoms with van der Waals surface area (Å²) in [5.41, 5.74) is 1.86. The monoisotopic (exact) mass is 412 g/mol. The zero-order valence-electron chi connectivity index (χ0n) is 11.9. The molecule has 0 heterocycles. The Morgan fingerprint density at radius 3 is 2.19 bits per heavy atom. The number of nitrogens with one attached hydrogen (secondary N) is 1. The Hall–Kier alpha value is -1.33. The number of hydrogen-bond acceptors (Lipinski definition) is 2. The predicted molar refractivity (Wildman–Crippen MR) is 83.6 cm³/mol. The van der Waals surface area contributed by atoms with E-state index < -0.39 is 21.2 Å². The zero-order valence-corrected chi connectivity index (χ0v) is 14.8. The van der Waals surface area contributed by atoms with Crippen LogP contribution in [-0.4, -0.2) is 5.78 Å². The first-order valence-corrected chi connectivity index (χ1v) is 9.04. The molecule has 0 bridgehead atoms. The normalized spacial score (nSPS) is 11.8.